The molecule has 0 aliphatic carbocycles. The van der Waals surface area contributed by atoms with Crippen molar-refractivity contribution < 1.29 is 0 Å². The summed E-state index contributed by atoms with van der Waals surface area (Å²) < 4.78 is 0. The second-order valence-electron chi connectivity index (χ2n) is 5.04. The minimum Gasteiger partial charge on any atom is -0.301 e. The summed E-state index contributed by atoms with van der Waals surface area (Å²) in [5, 5.41) is 1.47. The molecule has 1 unspecified atom stereocenters. The molecule has 2 aromatic rings. The molecule has 0 bridgehead atoms. The van der Waals surface area contributed by atoms with E-state index in [1.807, 2.05) is 18.2 Å². The summed E-state index contributed by atoms with van der Waals surface area (Å²) in [6.07, 6.45) is 0. The van der Waals surface area contributed by atoms with E-state index in [4.69, 9.17) is 23.2 Å². The lowest BCUT2D eigenvalue weighted by molar-refractivity contribution is 0.295. The van der Waals surface area contributed by atoms with Gasteiger partial charge in [0, 0.05) is 29.1 Å². The maximum absolute atomic E-state index is 6.35. The van der Waals surface area contributed by atoms with Crippen molar-refractivity contribution in [1.29, 1.82) is 0 Å². The first-order valence-corrected chi connectivity index (χ1v) is 7.03. The van der Waals surface area contributed by atoms with Gasteiger partial charge in [-0.3, -0.25) is 0 Å². The van der Waals surface area contributed by atoms with Crippen LogP contribution in [0.5, 0.6) is 0 Å². The Bertz CT molecular complexity index is 595. The zero-order chi connectivity index (χ0) is 13.4. The first-order chi connectivity index (χ1) is 9.15. The van der Waals surface area contributed by atoms with Crippen molar-refractivity contribution in [2.75, 3.05) is 13.6 Å². The average Bonchev–Trinajstić information content (AvgIpc) is 2.40. The van der Waals surface area contributed by atoms with Crippen LogP contribution in [0.2, 0.25) is 10.0 Å². The van der Waals surface area contributed by atoms with Gasteiger partial charge in [0.2, 0.25) is 0 Å². The van der Waals surface area contributed by atoms with E-state index in [0.717, 1.165) is 18.1 Å². The van der Waals surface area contributed by atoms with E-state index in [-0.39, 0.29) is 0 Å². The fraction of sp³-hybridized carbons (Fsp3) is 0.250. The lowest BCUT2D eigenvalue weighted by atomic mass is 9.85. The van der Waals surface area contributed by atoms with Crippen molar-refractivity contribution >= 4 is 23.2 Å². The number of halogens is 2. The Morgan fingerprint density at radius 3 is 2.68 bits per heavy atom. The quantitative estimate of drug-likeness (QED) is 0.754. The molecule has 2 aromatic carbocycles. The summed E-state index contributed by atoms with van der Waals surface area (Å²) in [7, 11) is 2.12. The summed E-state index contributed by atoms with van der Waals surface area (Å²) in [6.45, 7) is 1.86. The van der Waals surface area contributed by atoms with Crippen LogP contribution < -0.4 is 0 Å². The molecule has 3 rings (SSSR count). The molecule has 0 saturated carbocycles. The predicted molar refractivity (Wildman–Crippen MR) is 79.9 cm³/mol. The zero-order valence-corrected chi connectivity index (χ0v) is 12.2. The highest BCUT2D eigenvalue weighted by Gasteiger charge is 2.26. The molecule has 1 radical (unpaired) electrons. The van der Waals surface area contributed by atoms with Crippen LogP contribution in [0.25, 0.3) is 0 Å². The van der Waals surface area contributed by atoms with Gasteiger partial charge in [0.05, 0.1) is 0 Å². The van der Waals surface area contributed by atoms with Gasteiger partial charge >= 0.3 is 0 Å². The number of hydrogen-bond acceptors (Lipinski definition) is 1. The second-order valence-corrected chi connectivity index (χ2v) is 5.88. The molecule has 1 nitrogen and oxygen atoms in total. The molecular weight excluding hydrogens is 277 g/mol. The topological polar surface area (TPSA) is 3.24 Å². The molecule has 0 saturated heterocycles. The Morgan fingerprint density at radius 2 is 1.95 bits per heavy atom. The SMILES string of the molecule is CN1Cc2c(Cl)cc(Cl)cc2C(c2cc[c]cc2)C1. The Kier molecular flexibility index (Phi) is 3.53. The highest BCUT2D eigenvalue weighted by atomic mass is 35.5. The number of benzene rings is 2. The van der Waals surface area contributed by atoms with E-state index in [1.54, 1.807) is 0 Å². The fourth-order valence-corrected chi connectivity index (χ4v) is 3.33. The van der Waals surface area contributed by atoms with Gasteiger partial charge in [-0.25, -0.2) is 0 Å². The molecule has 0 N–H and O–H groups in total. The highest BCUT2D eigenvalue weighted by Crippen LogP contribution is 2.38. The fourth-order valence-electron chi connectivity index (χ4n) is 2.76. The van der Waals surface area contributed by atoms with Crippen LogP contribution in [0.4, 0.5) is 0 Å². The lowest BCUT2D eigenvalue weighted by Crippen LogP contribution is -2.31. The molecule has 0 spiro atoms. The van der Waals surface area contributed by atoms with Gasteiger partial charge in [-0.05, 0) is 41.9 Å². The van der Waals surface area contributed by atoms with E-state index in [9.17, 15) is 0 Å². The van der Waals surface area contributed by atoms with Crippen molar-refractivity contribution in [3.05, 3.63) is 69.2 Å². The Balaban J connectivity index is 2.14. The minimum atomic E-state index is 0.319. The number of rotatable bonds is 1. The Labute approximate surface area is 123 Å². The van der Waals surface area contributed by atoms with Gasteiger partial charge in [-0.1, -0.05) is 47.5 Å². The molecule has 1 heterocycles. The zero-order valence-electron chi connectivity index (χ0n) is 10.7. The van der Waals surface area contributed by atoms with Crippen LogP contribution >= 0.6 is 23.2 Å². The molecule has 97 valence electrons. The molecule has 1 aliphatic rings. The summed E-state index contributed by atoms with van der Waals surface area (Å²) in [5.74, 6) is 0.319. The van der Waals surface area contributed by atoms with Crippen LogP contribution in [0, 0.1) is 6.07 Å². The monoisotopic (exact) mass is 290 g/mol. The summed E-state index contributed by atoms with van der Waals surface area (Å²) in [5.41, 5.74) is 3.73. The largest absolute Gasteiger partial charge is 0.301 e. The van der Waals surface area contributed by atoms with Crippen LogP contribution in [-0.4, -0.2) is 18.5 Å². The highest BCUT2D eigenvalue weighted by molar-refractivity contribution is 6.35. The van der Waals surface area contributed by atoms with Gasteiger partial charge in [0.1, 0.15) is 0 Å². The van der Waals surface area contributed by atoms with E-state index in [1.165, 1.54) is 16.7 Å². The van der Waals surface area contributed by atoms with Crippen LogP contribution in [0.1, 0.15) is 22.6 Å². The standard InChI is InChI=1S/C16H14Cl2N/c1-19-9-14(11-5-3-2-4-6-11)13-7-12(17)8-16(18)15(13)10-19/h3-8,14H,9-10H2,1H3. The van der Waals surface area contributed by atoms with E-state index in [2.05, 4.69) is 36.2 Å². The Morgan fingerprint density at radius 1 is 1.21 bits per heavy atom. The number of hydrogen-bond donors (Lipinski definition) is 0. The third kappa shape index (κ3) is 2.51. The second kappa shape index (κ2) is 5.16. The normalized spacial score (nSPS) is 19.2. The number of nitrogens with zero attached hydrogens (tertiary/aromatic N) is 1. The van der Waals surface area contributed by atoms with Gasteiger partial charge in [0.25, 0.3) is 0 Å². The number of likely N-dealkylation sites (N-methyl/N-ethyl adjacent to an activating group) is 1. The van der Waals surface area contributed by atoms with E-state index in [0.29, 0.717) is 10.9 Å². The molecule has 19 heavy (non-hydrogen) atoms. The predicted octanol–water partition coefficient (Wildman–Crippen LogP) is 4.37. The smallest absolute Gasteiger partial charge is 0.0468 e. The lowest BCUT2D eigenvalue weighted by Gasteiger charge is -2.33. The third-order valence-electron chi connectivity index (χ3n) is 3.64. The number of fused-ring (bicyclic) bond motifs is 1. The van der Waals surface area contributed by atoms with Gasteiger partial charge < -0.3 is 4.90 Å². The molecule has 1 atom stereocenters. The van der Waals surface area contributed by atoms with Gasteiger partial charge in [-0.15, -0.1) is 0 Å². The van der Waals surface area contributed by atoms with E-state index >= 15 is 0 Å². The third-order valence-corrected chi connectivity index (χ3v) is 4.19. The van der Waals surface area contributed by atoms with Crippen molar-refractivity contribution in [2.24, 2.45) is 0 Å². The molecule has 0 aromatic heterocycles. The molecule has 1 aliphatic heterocycles. The maximum Gasteiger partial charge on any atom is 0.0468 e. The van der Waals surface area contributed by atoms with Crippen molar-refractivity contribution in [3.63, 3.8) is 0 Å². The van der Waals surface area contributed by atoms with Crippen molar-refractivity contribution in [1.82, 2.24) is 4.90 Å². The van der Waals surface area contributed by atoms with Crippen LogP contribution in [0.3, 0.4) is 0 Å². The van der Waals surface area contributed by atoms with Crippen LogP contribution in [-0.2, 0) is 6.54 Å². The van der Waals surface area contributed by atoms with E-state index < -0.39 is 0 Å². The molecule has 0 fully saturated rings. The summed E-state index contributed by atoms with van der Waals surface area (Å²) in [6, 6.07) is 15.1. The summed E-state index contributed by atoms with van der Waals surface area (Å²) in [4.78, 5) is 2.30. The Hall–Kier alpha value is -1.02. The first kappa shape index (κ1) is 13.0. The van der Waals surface area contributed by atoms with Crippen LogP contribution in [0.15, 0.2) is 36.4 Å². The first-order valence-electron chi connectivity index (χ1n) is 6.27. The van der Waals surface area contributed by atoms with Gasteiger partial charge in [-0.2, -0.15) is 0 Å². The van der Waals surface area contributed by atoms with Gasteiger partial charge in [0.15, 0.2) is 0 Å². The summed E-state index contributed by atoms with van der Waals surface area (Å²) >= 11 is 12.5. The molecule has 3 heteroatoms. The molecular formula is C16H14Cl2N. The molecule has 0 amide bonds. The maximum atomic E-state index is 6.35. The van der Waals surface area contributed by atoms with Crippen molar-refractivity contribution in [3.8, 4) is 0 Å². The average molecular weight is 291 g/mol. The minimum absolute atomic E-state index is 0.319. The van der Waals surface area contributed by atoms with Crippen molar-refractivity contribution in [2.45, 2.75) is 12.5 Å².